The van der Waals surface area contributed by atoms with E-state index in [1.165, 1.54) is 12.5 Å². The number of aromatic amines is 1. The first-order valence-corrected chi connectivity index (χ1v) is 10.0. The smallest absolute Gasteiger partial charge is 0.272 e. The van der Waals surface area contributed by atoms with Gasteiger partial charge in [0.05, 0.1) is 25.1 Å². The molecule has 168 valence electrons. The maximum Gasteiger partial charge on any atom is 0.272 e. The van der Waals surface area contributed by atoms with Crippen LogP contribution < -0.4 is 10.1 Å². The highest BCUT2D eigenvalue weighted by molar-refractivity contribution is 5.93. The third-order valence-corrected chi connectivity index (χ3v) is 5.57. The summed E-state index contributed by atoms with van der Waals surface area (Å²) in [6, 6.07) is 12.9. The highest BCUT2D eigenvalue weighted by Crippen LogP contribution is 2.37. The monoisotopic (exact) mass is 456 g/mol. The minimum Gasteiger partial charge on any atom is -0.497 e. The number of oxazole rings is 1. The molecule has 4 rings (SSSR count). The highest BCUT2D eigenvalue weighted by Gasteiger charge is 2.40. The minimum absolute atomic E-state index is 0. The molecule has 2 aromatic carbocycles. The summed E-state index contributed by atoms with van der Waals surface area (Å²) in [6.07, 6.45) is 2.47. The molecule has 4 aromatic rings. The van der Waals surface area contributed by atoms with Crippen molar-refractivity contribution in [2.24, 2.45) is 0 Å². The van der Waals surface area contributed by atoms with Gasteiger partial charge in [0.15, 0.2) is 5.58 Å². The topological polar surface area (TPSA) is 113 Å². The first-order valence-electron chi connectivity index (χ1n) is 10.0. The summed E-state index contributed by atoms with van der Waals surface area (Å²) in [5, 5.41) is 13.8. The van der Waals surface area contributed by atoms with Crippen molar-refractivity contribution in [3.63, 3.8) is 0 Å². The number of carbonyl (C=O) groups excluding carboxylic acids is 1. The number of hydrogen-bond donors (Lipinski definition) is 3. The zero-order valence-corrected chi connectivity index (χ0v) is 18.8. The number of hydrogen-bond acceptors (Lipinski definition) is 6. The van der Waals surface area contributed by atoms with Crippen molar-refractivity contribution in [3.8, 4) is 17.2 Å². The van der Waals surface area contributed by atoms with Crippen molar-refractivity contribution in [3.05, 3.63) is 66.2 Å². The number of methoxy groups -OCH3 is 1. The lowest BCUT2D eigenvalue weighted by Gasteiger charge is -2.36. The van der Waals surface area contributed by atoms with E-state index >= 15 is 0 Å². The average Bonchev–Trinajstić information content (AvgIpc) is 3.47. The van der Waals surface area contributed by atoms with Gasteiger partial charge >= 0.3 is 0 Å². The molecule has 0 saturated carbocycles. The molecule has 0 fully saturated rings. The van der Waals surface area contributed by atoms with Gasteiger partial charge in [-0.2, -0.15) is 0 Å². The molecule has 0 bridgehead atoms. The molecule has 2 heterocycles. The van der Waals surface area contributed by atoms with Crippen LogP contribution in [0.2, 0.25) is 0 Å². The van der Waals surface area contributed by atoms with Crippen LogP contribution in [0.3, 0.4) is 0 Å². The number of aromatic nitrogens is 3. The van der Waals surface area contributed by atoms with Gasteiger partial charge in [-0.15, -0.1) is 12.4 Å². The summed E-state index contributed by atoms with van der Waals surface area (Å²) in [4.78, 5) is 24.2. The Hall–Kier alpha value is -3.36. The van der Waals surface area contributed by atoms with E-state index in [1.807, 2.05) is 49.4 Å². The molecule has 0 saturated heterocycles. The molecule has 0 aliphatic heterocycles. The predicted molar refractivity (Wildman–Crippen MR) is 123 cm³/mol. The van der Waals surface area contributed by atoms with Crippen LogP contribution in [0.1, 0.15) is 36.3 Å². The fourth-order valence-corrected chi connectivity index (χ4v) is 3.78. The van der Waals surface area contributed by atoms with Gasteiger partial charge in [0, 0.05) is 17.3 Å². The van der Waals surface area contributed by atoms with Gasteiger partial charge in [0.25, 0.3) is 5.91 Å². The van der Waals surface area contributed by atoms with Crippen molar-refractivity contribution in [1.29, 1.82) is 0 Å². The van der Waals surface area contributed by atoms with E-state index in [-0.39, 0.29) is 18.1 Å². The van der Waals surface area contributed by atoms with E-state index in [1.54, 1.807) is 14.0 Å². The molecule has 0 radical (unpaired) electrons. The quantitative estimate of drug-likeness (QED) is 0.386. The molecule has 8 nitrogen and oxygen atoms in total. The van der Waals surface area contributed by atoms with Crippen LogP contribution in [-0.2, 0) is 5.54 Å². The molecule has 0 aliphatic carbocycles. The second-order valence-corrected chi connectivity index (χ2v) is 7.31. The second kappa shape index (κ2) is 9.42. The highest BCUT2D eigenvalue weighted by atomic mass is 35.5. The lowest BCUT2D eigenvalue weighted by Crippen LogP contribution is -2.52. The second-order valence-electron chi connectivity index (χ2n) is 7.31. The number of benzene rings is 2. The van der Waals surface area contributed by atoms with Crippen LogP contribution in [-0.4, -0.2) is 39.2 Å². The third-order valence-electron chi connectivity index (χ3n) is 5.57. The fourth-order valence-electron chi connectivity index (χ4n) is 3.78. The van der Waals surface area contributed by atoms with Crippen LogP contribution in [0, 0.1) is 0 Å². The Morgan fingerprint density at radius 1 is 1.28 bits per heavy atom. The summed E-state index contributed by atoms with van der Waals surface area (Å²) in [5.41, 5.74) is 1.74. The van der Waals surface area contributed by atoms with E-state index in [4.69, 9.17) is 9.15 Å². The lowest BCUT2D eigenvalue weighted by atomic mass is 9.82. The Labute approximate surface area is 191 Å². The van der Waals surface area contributed by atoms with Crippen LogP contribution in [0.5, 0.6) is 5.75 Å². The molecule has 2 atom stereocenters. The van der Waals surface area contributed by atoms with Gasteiger partial charge in [0.1, 0.15) is 17.0 Å². The normalized spacial score (nSPS) is 13.8. The Balaban J connectivity index is 0.00000289. The molecule has 0 unspecified atom stereocenters. The predicted octanol–water partition coefficient (Wildman–Crippen LogP) is 4.06. The van der Waals surface area contributed by atoms with E-state index in [2.05, 4.69) is 20.3 Å². The Bertz CT molecular complexity index is 1190. The molecule has 0 spiro atoms. The van der Waals surface area contributed by atoms with Crippen molar-refractivity contribution >= 4 is 29.4 Å². The fraction of sp³-hybridized carbons (Fsp3) is 0.261. The lowest BCUT2D eigenvalue weighted by molar-refractivity contribution is 0.0552. The molecule has 32 heavy (non-hydrogen) atoms. The molecule has 0 aliphatic rings. The zero-order valence-electron chi connectivity index (χ0n) is 18.0. The van der Waals surface area contributed by atoms with Gasteiger partial charge in [-0.1, -0.05) is 19.1 Å². The van der Waals surface area contributed by atoms with Crippen LogP contribution in [0.15, 0.2) is 59.4 Å². The van der Waals surface area contributed by atoms with Crippen molar-refractivity contribution < 1.29 is 19.1 Å². The van der Waals surface area contributed by atoms with Crippen LogP contribution in [0.25, 0.3) is 22.6 Å². The van der Waals surface area contributed by atoms with Gasteiger partial charge in [-0.25, -0.2) is 9.97 Å². The van der Waals surface area contributed by atoms with Gasteiger partial charge in [-0.3, -0.25) is 4.79 Å². The number of fused-ring (bicyclic) bond motifs is 1. The first kappa shape index (κ1) is 23.3. The van der Waals surface area contributed by atoms with E-state index in [0.29, 0.717) is 29.0 Å². The van der Waals surface area contributed by atoms with Crippen molar-refractivity contribution in [1.82, 2.24) is 20.3 Å². The molecule has 9 heteroatoms. The van der Waals surface area contributed by atoms with Crippen molar-refractivity contribution in [2.45, 2.75) is 31.9 Å². The number of H-pyrrole nitrogens is 1. The number of amides is 1. The molecular formula is C23H25ClN4O4. The first-order chi connectivity index (χ1) is 15.0. The number of ether oxygens (including phenoxy) is 1. The molecule has 1 amide bonds. The van der Waals surface area contributed by atoms with Gasteiger partial charge in [-0.05, 0) is 43.7 Å². The van der Waals surface area contributed by atoms with Crippen LogP contribution >= 0.6 is 12.4 Å². The minimum atomic E-state index is -1.09. The van der Waals surface area contributed by atoms with Crippen molar-refractivity contribution in [2.75, 3.05) is 7.11 Å². The number of nitrogens with zero attached hydrogens (tertiary/aromatic N) is 2. The zero-order chi connectivity index (χ0) is 22.0. The number of imidazole rings is 1. The number of nitrogens with one attached hydrogen (secondary N) is 2. The summed E-state index contributed by atoms with van der Waals surface area (Å²) in [6.45, 7) is 3.55. The number of halogens is 1. The standard InChI is InChI=1S/C23H24N4O4.ClH/c1-4-23(14(2)28,27-21(29)19-12-24-13-25-19)17-6-5-7-18-20(17)31-22(26-18)15-8-10-16(30-3)11-9-15;/h5-14,28H,4H2,1-3H3,(H,24,25)(H,27,29);1H/t14-,23-;/m0./s1. The summed E-state index contributed by atoms with van der Waals surface area (Å²) in [7, 11) is 1.61. The molecule has 2 aromatic heterocycles. The maximum atomic E-state index is 12.8. The Morgan fingerprint density at radius 2 is 2.03 bits per heavy atom. The number of aliphatic hydroxyl groups excluding tert-OH is 1. The number of para-hydroxylation sites is 1. The van der Waals surface area contributed by atoms with Gasteiger partial charge < -0.3 is 24.6 Å². The number of rotatable bonds is 7. The summed E-state index contributed by atoms with van der Waals surface area (Å²) in [5.74, 6) is 0.788. The average molecular weight is 457 g/mol. The maximum absolute atomic E-state index is 12.8. The van der Waals surface area contributed by atoms with Gasteiger partial charge in [0.2, 0.25) is 5.89 Å². The van der Waals surface area contributed by atoms with E-state index < -0.39 is 17.6 Å². The van der Waals surface area contributed by atoms with E-state index in [0.717, 1.165) is 11.3 Å². The van der Waals surface area contributed by atoms with E-state index in [9.17, 15) is 9.90 Å². The summed E-state index contributed by atoms with van der Waals surface area (Å²) < 4.78 is 11.4. The third kappa shape index (κ3) is 4.06. The Kier molecular flexibility index (Phi) is 6.86. The number of aliphatic hydroxyl groups is 1. The number of carbonyl (C=O) groups is 1. The molecular weight excluding hydrogens is 432 g/mol. The Morgan fingerprint density at radius 3 is 2.62 bits per heavy atom. The SMILES string of the molecule is CC[C@@](NC(=O)c1c[nH]cn1)(c1cccc2nc(-c3ccc(OC)cc3)oc12)[C@H](C)O.Cl. The largest absolute Gasteiger partial charge is 0.497 e. The molecule has 3 N–H and O–H groups in total. The summed E-state index contributed by atoms with van der Waals surface area (Å²) >= 11 is 0. The van der Waals surface area contributed by atoms with Crippen LogP contribution in [0.4, 0.5) is 0 Å².